The van der Waals surface area contributed by atoms with Gasteiger partial charge < -0.3 is 9.88 Å². The van der Waals surface area contributed by atoms with Crippen LogP contribution < -0.4 is 5.56 Å². The van der Waals surface area contributed by atoms with Gasteiger partial charge in [-0.15, -0.1) is 0 Å². The quantitative estimate of drug-likeness (QED) is 0.460. The zero-order valence-corrected chi connectivity index (χ0v) is 17.8. The number of aromatic amines is 1. The van der Waals surface area contributed by atoms with Crippen LogP contribution in [0.25, 0.3) is 10.9 Å². The number of hydrogen-bond donors (Lipinski definition) is 1. The molecule has 4 rings (SSSR count). The molecule has 0 bridgehead atoms. The number of carbonyl (C=O) groups excluding carboxylic acids is 1. The van der Waals surface area contributed by atoms with Crippen molar-refractivity contribution in [2.45, 2.75) is 19.5 Å². The van der Waals surface area contributed by atoms with Crippen LogP contribution >= 0.6 is 15.9 Å². The van der Waals surface area contributed by atoms with Gasteiger partial charge in [-0.2, -0.15) is 0 Å². The molecule has 0 saturated carbocycles. The lowest BCUT2D eigenvalue weighted by atomic mass is 10.1. The van der Waals surface area contributed by atoms with Crippen LogP contribution in [-0.4, -0.2) is 20.8 Å². The summed E-state index contributed by atoms with van der Waals surface area (Å²) in [5.41, 5.74) is 2.37. The van der Waals surface area contributed by atoms with Crippen molar-refractivity contribution in [1.82, 2.24) is 14.9 Å². The number of carbonyl (C=O) groups is 1. The fourth-order valence-corrected chi connectivity index (χ4v) is 3.58. The van der Waals surface area contributed by atoms with Gasteiger partial charge in [0.15, 0.2) is 0 Å². The predicted octanol–water partition coefficient (Wildman–Crippen LogP) is 4.46. The van der Waals surface area contributed by atoms with Crippen molar-refractivity contribution in [3.8, 4) is 0 Å². The Bertz CT molecular complexity index is 1220. The molecule has 150 valence electrons. The van der Waals surface area contributed by atoms with Crippen molar-refractivity contribution in [2.75, 3.05) is 0 Å². The molecule has 1 N–H and O–H groups in total. The normalized spacial score (nSPS) is 10.8. The first kappa shape index (κ1) is 20.0. The highest BCUT2D eigenvalue weighted by Gasteiger charge is 2.17. The van der Waals surface area contributed by atoms with E-state index in [4.69, 9.17) is 0 Å². The van der Waals surface area contributed by atoms with Gasteiger partial charge in [0.1, 0.15) is 5.82 Å². The van der Waals surface area contributed by atoms with Gasteiger partial charge in [0, 0.05) is 11.0 Å². The van der Waals surface area contributed by atoms with Crippen LogP contribution in [0.1, 0.15) is 17.0 Å². The number of fused-ring (bicyclic) bond motifs is 1. The summed E-state index contributed by atoms with van der Waals surface area (Å²) < 4.78 is 0.970. The van der Waals surface area contributed by atoms with Crippen LogP contribution in [0.3, 0.4) is 0 Å². The van der Waals surface area contributed by atoms with E-state index >= 15 is 0 Å². The zero-order chi connectivity index (χ0) is 20.9. The first-order valence-electron chi connectivity index (χ1n) is 9.62. The van der Waals surface area contributed by atoms with Gasteiger partial charge in [0.2, 0.25) is 5.91 Å². The third kappa shape index (κ3) is 4.83. The number of hydrogen-bond acceptors (Lipinski definition) is 3. The SMILES string of the molecule is O=C(Cc1ccc(Br)cc1)N(Cc1ccccc1)Cc1nc2ccccc2c(=O)[nH]1. The second kappa shape index (κ2) is 9.05. The van der Waals surface area contributed by atoms with Crippen molar-refractivity contribution >= 4 is 32.7 Å². The molecular weight excluding hydrogens is 442 g/mol. The molecule has 1 heterocycles. The van der Waals surface area contributed by atoms with E-state index in [0.717, 1.165) is 15.6 Å². The van der Waals surface area contributed by atoms with E-state index in [1.54, 1.807) is 17.0 Å². The van der Waals surface area contributed by atoms with Crippen LogP contribution in [0, 0.1) is 0 Å². The molecule has 1 aromatic heterocycles. The molecule has 6 heteroatoms. The number of amides is 1. The molecule has 1 amide bonds. The van der Waals surface area contributed by atoms with Crippen LogP contribution in [0.15, 0.2) is 88.1 Å². The summed E-state index contributed by atoms with van der Waals surface area (Å²) in [4.78, 5) is 34.7. The first-order valence-corrected chi connectivity index (χ1v) is 10.4. The third-order valence-electron chi connectivity index (χ3n) is 4.84. The summed E-state index contributed by atoms with van der Waals surface area (Å²) in [6.07, 6.45) is 0.276. The smallest absolute Gasteiger partial charge is 0.258 e. The van der Waals surface area contributed by atoms with Gasteiger partial charge in [-0.25, -0.2) is 4.98 Å². The van der Waals surface area contributed by atoms with Crippen molar-refractivity contribution in [2.24, 2.45) is 0 Å². The highest BCUT2D eigenvalue weighted by molar-refractivity contribution is 9.10. The van der Waals surface area contributed by atoms with E-state index in [0.29, 0.717) is 23.3 Å². The van der Waals surface area contributed by atoms with Crippen LogP contribution in [0.4, 0.5) is 0 Å². The number of rotatable bonds is 6. The summed E-state index contributed by atoms with van der Waals surface area (Å²) in [5, 5.41) is 0.539. The van der Waals surface area contributed by atoms with Gasteiger partial charge in [-0.05, 0) is 35.4 Å². The van der Waals surface area contributed by atoms with E-state index in [9.17, 15) is 9.59 Å². The van der Waals surface area contributed by atoms with Crippen LogP contribution in [0.2, 0.25) is 0 Å². The maximum atomic E-state index is 13.1. The molecule has 0 aliphatic heterocycles. The fourth-order valence-electron chi connectivity index (χ4n) is 3.32. The van der Waals surface area contributed by atoms with Crippen molar-refractivity contribution in [3.63, 3.8) is 0 Å². The molecule has 5 nitrogen and oxygen atoms in total. The molecule has 0 unspecified atom stereocenters. The molecule has 0 saturated heterocycles. The zero-order valence-electron chi connectivity index (χ0n) is 16.2. The average molecular weight is 462 g/mol. The Labute approximate surface area is 182 Å². The number of aromatic nitrogens is 2. The molecule has 30 heavy (non-hydrogen) atoms. The maximum Gasteiger partial charge on any atom is 0.258 e. The molecule has 0 atom stereocenters. The molecule has 0 fully saturated rings. The minimum Gasteiger partial charge on any atom is -0.331 e. The van der Waals surface area contributed by atoms with E-state index in [1.807, 2.05) is 66.7 Å². The minimum atomic E-state index is -0.199. The number of para-hydroxylation sites is 1. The monoisotopic (exact) mass is 461 g/mol. The molecule has 0 spiro atoms. The molecule has 0 aliphatic carbocycles. The molecule has 4 aromatic rings. The summed E-state index contributed by atoms with van der Waals surface area (Å²) in [6.45, 7) is 0.664. The largest absolute Gasteiger partial charge is 0.331 e. The van der Waals surface area contributed by atoms with Gasteiger partial charge in [0.05, 0.1) is 23.9 Å². The topological polar surface area (TPSA) is 66.1 Å². The molecule has 0 radical (unpaired) electrons. The van der Waals surface area contributed by atoms with E-state index in [2.05, 4.69) is 25.9 Å². The Hall–Kier alpha value is -3.25. The maximum absolute atomic E-state index is 13.1. The highest BCUT2D eigenvalue weighted by Crippen LogP contribution is 2.15. The lowest BCUT2D eigenvalue weighted by Gasteiger charge is -2.23. The number of H-pyrrole nitrogens is 1. The lowest BCUT2D eigenvalue weighted by molar-refractivity contribution is -0.131. The predicted molar refractivity (Wildman–Crippen MR) is 121 cm³/mol. The summed E-state index contributed by atoms with van der Waals surface area (Å²) in [5.74, 6) is 0.441. The summed E-state index contributed by atoms with van der Waals surface area (Å²) >= 11 is 3.42. The molecule has 0 aliphatic rings. The van der Waals surface area contributed by atoms with Gasteiger partial charge >= 0.3 is 0 Å². The number of nitrogens with zero attached hydrogens (tertiary/aromatic N) is 2. The second-order valence-electron chi connectivity index (χ2n) is 7.07. The number of halogens is 1. The van der Waals surface area contributed by atoms with Crippen LogP contribution in [-0.2, 0) is 24.3 Å². The first-order chi connectivity index (χ1) is 14.6. The van der Waals surface area contributed by atoms with Crippen molar-refractivity contribution < 1.29 is 4.79 Å². The summed E-state index contributed by atoms with van der Waals surface area (Å²) in [7, 11) is 0. The van der Waals surface area contributed by atoms with Crippen molar-refractivity contribution in [1.29, 1.82) is 0 Å². The van der Waals surface area contributed by atoms with E-state index in [-0.39, 0.29) is 24.4 Å². The Morgan fingerprint density at radius 1 is 0.867 bits per heavy atom. The standard InChI is InChI=1S/C24H20BrN3O2/c25-19-12-10-17(11-13-19)14-23(29)28(15-18-6-2-1-3-7-18)16-22-26-21-9-5-4-8-20(21)24(30)27-22/h1-13H,14-16H2,(H,26,27,30). The molecular formula is C24H20BrN3O2. The average Bonchev–Trinajstić information content (AvgIpc) is 2.76. The van der Waals surface area contributed by atoms with Crippen molar-refractivity contribution in [3.05, 3.63) is 111 Å². The number of benzene rings is 3. The Kier molecular flexibility index (Phi) is 6.05. The second-order valence-corrected chi connectivity index (χ2v) is 7.98. The van der Waals surface area contributed by atoms with E-state index in [1.165, 1.54) is 0 Å². The Morgan fingerprint density at radius 2 is 1.57 bits per heavy atom. The fraction of sp³-hybridized carbons (Fsp3) is 0.125. The summed E-state index contributed by atoms with van der Waals surface area (Å²) in [6, 6.07) is 24.7. The lowest BCUT2D eigenvalue weighted by Crippen LogP contribution is -2.33. The Morgan fingerprint density at radius 3 is 2.33 bits per heavy atom. The van der Waals surface area contributed by atoms with Gasteiger partial charge in [0.25, 0.3) is 5.56 Å². The van der Waals surface area contributed by atoms with Gasteiger partial charge in [-0.1, -0.05) is 70.5 Å². The van der Waals surface area contributed by atoms with Crippen LogP contribution in [0.5, 0.6) is 0 Å². The highest BCUT2D eigenvalue weighted by atomic mass is 79.9. The third-order valence-corrected chi connectivity index (χ3v) is 5.37. The molecule has 3 aromatic carbocycles. The van der Waals surface area contributed by atoms with Gasteiger partial charge in [-0.3, -0.25) is 9.59 Å². The number of nitrogens with one attached hydrogen (secondary N) is 1. The minimum absolute atomic E-state index is 0.0306. The van der Waals surface area contributed by atoms with E-state index < -0.39 is 0 Å². The Balaban J connectivity index is 1.62.